The molecular weight excluding hydrogens is 368 g/mol. The summed E-state index contributed by atoms with van der Waals surface area (Å²) < 4.78 is 1.60. The van der Waals surface area contributed by atoms with Crippen LogP contribution < -0.4 is 5.56 Å². The Bertz CT molecular complexity index is 926. The highest BCUT2D eigenvalue weighted by Crippen LogP contribution is 2.24. The first-order valence-corrected chi connectivity index (χ1v) is 10.6. The standard InChI is InChI=1S/C23H30N2O4/c1-24(17-9-4-2-3-5-10-17)22(28)19-11-8-12-20-18(19)14-16-25(23(20)29)15-7-6-13-21(26)27/h8,11-12,14,16-17H,2-7,9-10,13,15H2,1H3,(H,26,27). The van der Waals surface area contributed by atoms with Gasteiger partial charge >= 0.3 is 5.97 Å². The average molecular weight is 399 g/mol. The number of hydrogen-bond acceptors (Lipinski definition) is 3. The monoisotopic (exact) mass is 398 g/mol. The van der Waals surface area contributed by atoms with Crippen LogP contribution in [0, 0.1) is 0 Å². The molecule has 1 saturated carbocycles. The Morgan fingerprint density at radius 2 is 1.79 bits per heavy atom. The minimum Gasteiger partial charge on any atom is -0.481 e. The van der Waals surface area contributed by atoms with Crippen molar-refractivity contribution in [2.24, 2.45) is 0 Å². The van der Waals surface area contributed by atoms with E-state index in [1.807, 2.05) is 18.0 Å². The predicted octanol–water partition coefficient (Wildman–Crippen LogP) is 4.05. The molecule has 1 amide bonds. The van der Waals surface area contributed by atoms with Crippen LogP contribution in [0.25, 0.3) is 10.8 Å². The van der Waals surface area contributed by atoms with Gasteiger partial charge in [0.05, 0.1) is 0 Å². The zero-order valence-electron chi connectivity index (χ0n) is 17.1. The number of carbonyl (C=O) groups excluding carboxylic acids is 1. The van der Waals surface area contributed by atoms with Crippen LogP contribution in [0.1, 0.15) is 68.1 Å². The first-order chi connectivity index (χ1) is 14.0. The molecule has 1 aliphatic rings. The maximum Gasteiger partial charge on any atom is 0.303 e. The van der Waals surface area contributed by atoms with Gasteiger partial charge in [-0.15, -0.1) is 0 Å². The van der Waals surface area contributed by atoms with Crippen LogP contribution >= 0.6 is 0 Å². The molecule has 0 unspecified atom stereocenters. The van der Waals surface area contributed by atoms with E-state index in [1.54, 1.807) is 29.0 Å². The van der Waals surface area contributed by atoms with Gasteiger partial charge in [0, 0.05) is 48.6 Å². The Kier molecular flexibility index (Phi) is 7.07. The second-order valence-corrected chi connectivity index (χ2v) is 7.99. The lowest BCUT2D eigenvalue weighted by atomic mass is 10.0. The third-order valence-corrected chi connectivity index (χ3v) is 5.98. The summed E-state index contributed by atoms with van der Waals surface area (Å²) in [6.07, 6.45) is 9.84. The normalized spacial score (nSPS) is 15.2. The number of aryl methyl sites for hydroxylation is 1. The fraction of sp³-hybridized carbons (Fsp3) is 0.522. The SMILES string of the molecule is CN(C(=O)c1cccc2c(=O)n(CCCCC(=O)O)ccc12)C1CCCCCC1. The predicted molar refractivity (Wildman–Crippen MR) is 113 cm³/mol. The van der Waals surface area contributed by atoms with E-state index in [1.165, 1.54) is 12.8 Å². The highest BCUT2D eigenvalue weighted by molar-refractivity contribution is 6.06. The summed E-state index contributed by atoms with van der Waals surface area (Å²) in [5, 5.41) is 9.96. The molecular formula is C23H30N2O4. The largest absolute Gasteiger partial charge is 0.481 e. The number of amides is 1. The van der Waals surface area contributed by atoms with Crippen molar-refractivity contribution in [2.75, 3.05) is 7.05 Å². The number of nitrogens with zero attached hydrogens (tertiary/aromatic N) is 2. The first-order valence-electron chi connectivity index (χ1n) is 10.6. The van der Waals surface area contributed by atoms with Crippen LogP contribution in [0.5, 0.6) is 0 Å². The van der Waals surface area contributed by atoms with E-state index in [-0.39, 0.29) is 23.9 Å². The van der Waals surface area contributed by atoms with E-state index in [9.17, 15) is 14.4 Å². The third-order valence-electron chi connectivity index (χ3n) is 5.98. The van der Waals surface area contributed by atoms with Crippen molar-refractivity contribution in [1.82, 2.24) is 9.47 Å². The Hall–Kier alpha value is -2.63. The van der Waals surface area contributed by atoms with Crippen molar-refractivity contribution < 1.29 is 14.7 Å². The molecule has 0 saturated heterocycles. The zero-order valence-corrected chi connectivity index (χ0v) is 17.1. The molecule has 1 heterocycles. The van der Waals surface area contributed by atoms with Crippen LogP contribution in [-0.2, 0) is 11.3 Å². The highest BCUT2D eigenvalue weighted by atomic mass is 16.4. The number of carboxylic acids is 1. The highest BCUT2D eigenvalue weighted by Gasteiger charge is 2.23. The number of carbonyl (C=O) groups is 2. The molecule has 1 fully saturated rings. The van der Waals surface area contributed by atoms with E-state index in [2.05, 4.69) is 0 Å². The number of pyridine rings is 1. The number of aliphatic carboxylic acids is 1. The minimum atomic E-state index is -0.822. The summed E-state index contributed by atoms with van der Waals surface area (Å²) in [4.78, 5) is 38.6. The molecule has 156 valence electrons. The smallest absolute Gasteiger partial charge is 0.303 e. The van der Waals surface area contributed by atoms with Gasteiger partial charge in [-0.1, -0.05) is 31.7 Å². The Morgan fingerprint density at radius 1 is 1.07 bits per heavy atom. The third kappa shape index (κ3) is 5.05. The molecule has 0 atom stereocenters. The fourth-order valence-electron chi connectivity index (χ4n) is 4.24. The molecule has 0 radical (unpaired) electrons. The second-order valence-electron chi connectivity index (χ2n) is 7.99. The first kappa shape index (κ1) is 21.1. The van der Waals surface area contributed by atoms with Gasteiger partial charge in [0.2, 0.25) is 0 Å². The van der Waals surface area contributed by atoms with Crippen LogP contribution in [0.15, 0.2) is 35.3 Å². The molecule has 6 heteroatoms. The summed E-state index contributed by atoms with van der Waals surface area (Å²) in [6, 6.07) is 7.42. The number of fused-ring (bicyclic) bond motifs is 1. The fourth-order valence-corrected chi connectivity index (χ4v) is 4.24. The van der Waals surface area contributed by atoms with Gasteiger partial charge in [-0.2, -0.15) is 0 Å². The quantitative estimate of drug-likeness (QED) is 0.564. The van der Waals surface area contributed by atoms with Gasteiger partial charge in [-0.25, -0.2) is 0 Å². The van der Waals surface area contributed by atoms with Crippen molar-refractivity contribution in [3.8, 4) is 0 Å². The van der Waals surface area contributed by atoms with E-state index in [0.29, 0.717) is 35.7 Å². The number of aromatic nitrogens is 1. The summed E-state index contributed by atoms with van der Waals surface area (Å²) in [5.41, 5.74) is 0.439. The van der Waals surface area contributed by atoms with Crippen molar-refractivity contribution in [2.45, 2.75) is 70.4 Å². The van der Waals surface area contributed by atoms with Crippen LogP contribution in [0.4, 0.5) is 0 Å². The summed E-state index contributed by atoms with van der Waals surface area (Å²) >= 11 is 0. The van der Waals surface area contributed by atoms with Gasteiger partial charge in [0.1, 0.15) is 0 Å². The maximum atomic E-state index is 13.2. The molecule has 1 aliphatic carbocycles. The number of benzene rings is 1. The van der Waals surface area contributed by atoms with Crippen molar-refractivity contribution in [1.29, 1.82) is 0 Å². The molecule has 1 N–H and O–H groups in total. The van der Waals surface area contributed by atoms with Crippen molar-refractivity contribution in [3.63, 3.8) is 0 Å². The number of rotatable bonds is 7. The van der Waals surface area contributed by atoms with E-state index in [0.717, 1.165) is 25.7 Å². The summed E-state index contributed by atoms with van der Waals surface area (Å²) in [5.74, 6) is -0.849. The van der Waals surface area contributed by atoms with Gasteiger partial charge in [-0.05, 0) is 43.9 Å². The van der Waals surface area contributed by atoms with Gasteiger partial charge in [-0.3, -0.25) is 14.4 Å². The molecule has 0 bridgehead atoms. The molecule has 2 aromatic rings. The zero-order chi connectivity index (χ0) is 20.8. The number of carboxylic acid groups (broad SMARTS) is 1. The van der Waals surface area contributed by atoms with Crippen LogP contribution in [0.2, 0.25) is 0 Å². The minimum absolute atomic E-state index is 0.0268. The lowest BCUT2D eigenvalue weighted by molar-refractivity contribution is -0.137. The van der Waals surface area contributed by atoms with Crippen LogP contribution in [0.3, 0.4) is 0 Å². The second kappa shape index (κ2) is 9.72. The Balaban J connectivity index is 1.82. The van der Waals surface area contributed by atoms with E-state index in [4.69, 9.17) is 5.11 Å². The Morgan fingerprint density at radius 3 is 2.48 bits per heavy atom. The topological polar surface area (TPSA) is 79.6 Å². The van der Waals surface area contributed by atoms with Gasteiger partial charge < -0.3 is 14.6 Å². The average Bonchev–Trinajstić information content (AvgIpc) is 3.00. The molecule has 3 rings (SSSR count). The lowest BCUT2D eigenvalue weighted by Gasteiger charge is -2.27. The van der Waals surface area contributed by atoms with Gasteiger partial charge in [0.15, 0.2) is 0 Å². The molecule has 0 spiro atoms. The number of hydrogen-bond donors (Lipinski definition) is 1. The van der Waals surface area contributed by atoms with E-state index < -0.39 is 5.97 Å². The summed E-state index contributed by atoms with van der Waals surface area (Å²) in [6.45, 7) is 0.474. The molecule has 0 aliphatic heterocycles. The molecule has 1 aromatic carbocycles. The number of unbranched alkanes of at least 4 members (excludes halogenated alkanes) is 1. The van der Waals surface area contributed by atoms with Crippen molar-refractivity contribution in [3.05, 3.63) is 46.4 Å². The van der Waals surface area contributed by atoms with Crippen LogP contribution in [-0.4, -0.2) is 39.5 Å². The molecule has 1 aromatic heterocycles. The molecule has 6 nitrogen and oxygen atoms in total. The van der Waals surface area contributed by atoms with E-state index >= 15 is 0 Å². The maximum absolute atomic E-state index is 13.2. The lowest BCUT2D eigenvalue weighted by Crippen LogP contribution is -2.37. The Labute approximate surface area is 171 Å². The molecule has 29 heavy (non-hydrogen) atoms. The summed E-state index contributed by atoms with van der Waals surface area (Å²) in [7, 11) is 1.88. The van der Waals surface area contributed by atoms with Crippen molar-refractivity contribution >= 4 is 22.6 Å². The van der Waals surface area contributed by atoms with Gasteiger partial charge in [0.25, 0.3) is 11.5 Å².